The zero-order valence-corrected chi connectivity index (χ0v) is 12.5. The van der Waals surface area contributed by atoms with Crippen LogP contribution < -0.4 is 5.32 Å². The number of para-hydroxylation sites is 1. The Morgan fingerprint density at radius 2 is 2.10 bits per heavy atom. The van der Waals surface area contributed by atoms with Crippen molar-refractivity contribution in [2.45, 2.75) is 38.6 Å². The normalized spacial score (nSPS) is 24.7. The standard InChI is InChI=1S/C18H24N2/c1-13-6-5-8-15(10-13)18(19-2)16-11-14-7-3-4-9-17(14)20-12-16/h3-4,7,9,11-13,15,18-19H,5-6,8,10H2,1-2H3. The Morgan fingerprint density at radius 3 is 2.90 bits per heavy atom. The van der Waals surface area contributed by atoms with E-state index in [1.54, 1.807) is 0 Å². The van der Waals surface area contributed by atoms with Gasteiger partial charge < -0.3 is 5.32 Å². The summed E-state index contributed by atoms with van der Waals surface area (Å²) in [5.41, 5.74) is 2.42. The summed E-state index contributed by atoms with van der Waals surface area (Å²) in [6.45, 7) is 2.39. The highest BCUT2D eigenvalue weighted by Crippen LogP contribution is 2.37. The van der Waals surface area contributed by atoms with E-state index in [1.165, 1.54) is 36.6 Å². The first-order valence-electron chi connectivity index (χ1n) is 7.80. The fourth-order valence-corrected chi connectivity index (χ4v) is 3.72. The predicted octanol–water partition coefficient (Wildman–Crippen LogP) is 4.32. The quantitative estimate of drug-likeness (QED) is 0.896. The van der Waals surface area contributed by atoms with Crippen LogP contribution in [-0.4, -0.2) is 12.0 Å². The van der Waals surface area contributed by atoms with Gasteiger partial charge in [-0.1, -0.05) is 38.0 Å². The lowest BCUT2D eigenvalue weighted by Gasteiger charge is -2.33. The molecular formula is C18H24N2. The molecule has 2 aromatic rings. The summed E-state index contributed by atoms with van der Waals surface area (Å²) in [5, 5.41) is 4.78. The molecule has 0 radical (unpaired) electrons. The Hall–Kier alpha value is -1.41. The van der Waals surface area contributed by atoms with Crippen LogP contribution >= 0.6 is 0 Å². The SMILES string of the molecule is CNC(c1cnc2ccccc2c1)C1CCCC(C)C1. The van der Waals surface area contributed by atoms with E-state index in [0.29, 0.717) is 6.04 Å². The van der Waals surface area contributed by atoms with E-state index in [4.69, 9.17) is 0 Å². The van der Waals surface area contributed by atoms with E-state index in [0.717, 1.165) is 17.4 Å². The molecule has 0 spiro atoms. The van der Waals surface area contributed by atoms with Gasteiger partial charge in [-0.3, -0.25) is 4.98 Å². The number of nitrogens with zero attached hydrogens (tertiary/aromatic N) is 1. The number of rotatable bonds is 3. The predicted molar refractivity (Wildman–Crippen MR) is 84.7 cm³/mol. The molecule has 3 unspecified atom stereocenters. The molecule has 1 saturated carbocycles. The fraction of sp³-hybridized carbons (Fsp3) is 0.500. The molecule has 1 aliphatic rings. The number of nitrogens with one attached hydrogen (secondary N) is 1. The monoisotopic (exact) mass is 268 g/mol. The molecule has 1 aliphatic carbocycles. The minimum atomic E-state index is 0.440. The maximum atomic E-state index is 4.62. The van der Waals surface area contributed by atoms with Crippen LogP contribution in [0.2, 0.25) is 0 Å². The first-order chi connectivity index (χ1) is 9.78. The number of pyridine rings is 1. The molecular weight excluding hydrogens is 244 g/mol. The molecule has 2 heteroatoms. The number of hydrogen-bond donors (Lipinski definition) is 1. The Balaban J connectivity index is 1.90. The smallest absolute Gasteiger partial charge is 0.0702 e. The van der Waals surface area contributed by atoms with Gasteiger partial charge in [0.2, 0.25) is 0 Å². The van der Waals surface area contributed by atoms with Crippen LogP contribution in [0.4, 0.5) is 0 Å². The summed E-state index contributed by atoms with van der Waals surface area (Å²) in [6, 6.07) is 11.1. The lowest BCUT2D eigenvalue weighted by atomic mass is 9.77. The molecule has 1 aromatic heterocycles. The minimum absolute atomic E-state index is 0.440. The zero-order chi connectivity index (χ0) is 13.9. The van der Waals surface area contributed by atoms with Gasteiger partial charge in [0, 0.05) is 17.6 Å². The maximum absolute atomic E-state index is 4.62. The Bertz CT molecular complexity index is 578. The van der Waals surface area contributed by atoms with Crippen LogP contribution in [0.3, 0.4) is 0 Å². The average Bonchev–Trinajstić information content (AvgIpc) is 2.48. The largest absolute Gasteiger partial charge is 0.313 e. The van der Waals surface area contributed by atoms with Crippen molar-refractivity contribution in [3.8, 4) is 0 Å². The van der Waals surface area contributed by atoms with E-state index in [9.17, 15) is 0 Å². The Kier molecular flexibility index (Phi) is 4.02. The Labute approximate surface area is 121 Å². The second-order valence-electron chi connectivity index (χ2n) is 6.26. The van der Waals surface area contributed by atoms with Crippen LogP contribution in [0.1, 0.15) is 44.2 Å². The molecule has 2 nitrogen and oxygen atoms in total. The minimum Gasteiger partial charge on any atom is -0.313 e. The van der Waals surface area contributed by atoms with Gasteiger partial charge >= 0.3 is 0 Å². The van der Waals surface area contributed by atoms with E-state index in [-0.39, 0.29) is 0 Å². The van der Waals surface area contributed by atoms with Crippen molar-refractivity contribution in [2.75, 3.05) is 7.05 Å². The zero-order valence-electron chi connectivity index (χ0n) is 12.5. The van der Waals surface area contributed by atoms with Crippen LogP contribution in [0, 0.1) is 11.8 Å². The van der Waals surface area contributed by atoms with Crippen molar-refractivity contribution >= 4 is 10.9 Å². The summed E-state index contributed by atoms with van der Waals surface area (Å²) in [7, 11) is 2.08. The third-order valence-electron chi connectivity index (χ3n) is 4.73. The summed E-state index contributed by atoms with van der Waals surface area (Å²) in [6.07, 6.45) is 7.48. The van der Waals surface area contributed by atoms with Crippen LogP contribution in [-0.2, 0) is 0 Å². The maximum Gasteiger partial charge on any atom is 0.0702 e. The fourth-order valence-electron chi connectivity index (χ4n) is 3.72. The van der Waals surface area contributed by atoms with E-state index >= 15 is 0 Å². The second-order valence-corrected chi connectivity index (χ2v) is 6.26. The van der Waals surface area contributed by atoms with Crippen LogP contribution in [0.25, 0.3) is 10.9 Å². The molecule has 106 valence electrons. The van der Waals surface area contributed by atoms with Gasteiger partial charge in [-0.2, -0.15) is 0 Å². The van der Waals surface area contributed by atoms with Crippen LogP contribution in [0.5, 0.6) is 0 Å². The Morgan fingerprint density at radius 1 is 1.25 bits per heavy atom. The van der Waals surface area contributed by atoms with Crippen LogP contribution in [0.15, 0.2) is 36.5 Å². The van der Waals surface area contributed by atoms with E-state index in [2.05, 4.69) is 54.7 Å². The molecule has 1 N–H and O–H groups in total. The van der Waals surface area contributed by atoms with E-state index in [1.807, 2.05) is 6.07 Å². The van der Waals surface area contributed by atoms with Crippen molar-refractivity contribution in [2.24, 2.45) is 11.8 Å². The van der Waals surface area contributed by atoms with Crippen molar-refractivity contribution in [3.05, 3.63) is 42.1 Å². The lowest BCUT2D eigenvalue weighted by molar-refractivity contribution is 0.230. The summed E-state index contributed by atoms with van der Waals surface area (Å²) in [5.74, 6) is 1.60. The van der Waals surface area contributed by atoms with Gasteiger partial charge in [-0.15, -0.1) is 0 Å². The van der Waals surface area contributed by atoms with Gasteiger partial charge in [0.05, 0.1) is 5.52 Å². The molecule has 0 amide bonds. The summed E-state index contributed by atoms with van der Waals surface area (Å²) in [4.78, 5) is 4.62. The highest BCUT2D eigenvalue weighted by Gasteiger charge is 2.27. The summed E-state index contributed by atoms with van der Waals surface area (Å²) < 4.78 is 0. The first-order valence-corrected chi connectivity index (χ1v) is 7.80. The van der Waals surface area contributed by atoms with Crippen molar-refractivity contribution in [1.82, 2.24) is 10.3 Å². The molecule has 20 heavy (non-hydrogen) atoms. The molecule has 1 fully saturated rings. The number of hydrogen-bond acceptors (Lipinski definition) is 2. The number of aromatic nitrogens is 1. The molecule has 1 aromatic carbocycles. The topological polar surface area (TPSA) is 24.9 Å². The first kappa shape index (κ1) is 13.6. The highest BCUT2D eigenvalue weighted by molar-refractivity contribution is 5.78. The summed E-state index contributed by atoms with van der Waals surface area (Å²) >= 11 is 0. The second kappa shape index (κ2) is 5.92. The molecule has 1 heterocycles. The van der Waals surface area contributed by atoms with Gasteiger partial charge in [0.25, 0.3) is 0 Å². The van der Waals surface area contributed by atoms with Crippen molar-refractivity contribution < 1.29 is 0 Å². The molecule has 0 aliphatic heterocycles. The number of fused-ring (bicyclic) bond motifs is 1. The third-order valence-corrected chi connectivity index (χ3v) is 4.73. The highest BCUT2D eigenvalue weighted by atomic mass is 14.9. The number of benzene rings is 1. The van der Waals surface area contributed by atoms with Gasteiger partial charge in [0.1, 0.15) is 0 Å². The molecule has 3 atom stereocenters. The third kappa shape index (κ3) is 2.71. The van der Waals surface area contributed by atoms with Gasteiger partial charge in [-0.05, 0) is 49.4 Å². The average molecular weight is 268 g/mol. The molecule has 0 saturated heterocycles. The van der Waals surface area contributed by atoms with Gasteiger partial charge in [0.15, 0.2) is 0 Å². The van der Waals surface area contributed by atoms with E-state index < -0.39 is 0 Å². The van der Waals surface area contributed by atoms with Crippen molar-refractivity contribution in [1.29, 1.82) is 0 Å². The lowest BCUT2D eigenvalue weighted by Crippen LogP contribution is -2.29. The van der Waals surface area contributed by atoms with Crippen molar-refractivity contribution in [3.63, 3.8) is 0 Å². The van der Waals surface area contributed by atoms with Gasteiger partial charge in [-0.25, -0.2) is 0 Å². The molecule has 3 rings (SSSR count). The molecule has 0 bridgehead atoms.